The van der Waals surface area contributed by atoms with Gasteiger partial charge in [-0.1, -0.05) is 63.6 Å². The van der Waals surface area contributed by atoms with Crippen molar-refractivity contribution in [3.63, 3.8) is 0 Å². The summed E-state index contributed by atoms with van der Waals surface area (Å²) in [5.41, 5.74) is 3.56. The normalized spacial score (nSPS) is 10.6. The third kappa shape index (κ3) is 13.5. The minimum Gasteiger partial charge on any atom is -0.348 e. The molecule has 188 valence electrons. The fourth-order valence-electron chi connectivity index (χ4n) is 3.01. The Bertz CT molecular complexity index is 974. The van der Waals surface area contributed by atoms with Gasteiger partial charge in [-0.2, -0.15) is 0 Å². The zero-order valence-corrected chi connectivity index (χ0v) is 22.4. The molecule has 0 aliphatic rings. The van der Waals surface area contributed by atoms with Gasteiger partial charge in [0.2, 0.25) is 0 Å². The van der Waals surface area contributed by atoms with Crippen LogP contribution in [0.15, 0.2) is 42.5 Å². The van der Waals surface area contributed by atoms with E-state index in [1.165, 1.54) is 6.92 Å². The number of nitriles is 1. The van der Waals surface area contributed by atoms with Crippen LogP contribution in [0.3, 0.4) is 0 Å². The molecule has 0 saturated carbocycles. The number of rotatable bonds is 10. The number of hydrogen-bond donors (Lipinski definition) is 3. The first-order chi connectivity index (χ1) is 16.8. The molecule has 1 unspecified atom stereocenters. The molecule has 0 aliphatic heterocycles. The van der Waals surface area contributed by atoms with E-state index in [2.05, 4.69) is 29.8 Å². The quantitative estimate of drug-likeness (QED) is 0.333. The van der Waals surface area contributed by atoms with Crippen molar-refractivity contribution in [2.45, 2.75) is 60.2 Å². The predicted octanol–water partition coefficient (Wildman–Crippen LogP) is 4.46. The maximum absolute atomic E-state index is 12.6. The molecule has 35 heavy (non-hydrogen) atoms. The summed E-state index contributed by atoms with van der Waals surface area (Å²) in [7, 11) is 1.74. The van der Waals surface area contributed by atoms with Gasteiger partial charge in [-0.15, -0.1) is 0 Å². The van der Waals surface area contributed by atoms with E-state index in [-0.39, 0.29) is 11.9 Å². The van der Waals surface area contributed by atoms with E-state index in [9.17, 15) is 9.59 Å². The van der Waals surface area contributed by atoms with E-state index in [1.54, 1.807) is 13.1 Å². The molecule has 0 aromatic heterocycles. The molecule has 0 spiro atoms. The monoisotopic (exact) mass is 496 g/mol. The molecule has 1 amide bonds. The van der Waals surface area contributed by atoms with Gasteiger partial charge in [-0.05, 0) is 47.7 Å². The smallest absolute Gasteiger partial charge is 0.251 e. The molecule has 0 aliphatic carbocycles. The average Bonchev–Trinajstić information content (AvgIpc) is 2.86. The molecular formula is C27H38BClN4O2. The Balaban J connectivity index is 0.00000126. The number of nitrogens with one attached hydrogen (secondary N) is 3. The molecule has 1 atom stereocenters. The van der Waals surface area contributed by atoms with Crippen molar-refractivity contribution in [1.82, 2.24) is 16.0 Å². The molecule has 2 aromatic carbocycles. The first kappa shape index (κ1) is 32.1. The summed E-state index contributed by atoms with van der Waals surface area (Å²) in [6.45, 7) is 12.5. The Morgan fingerprint density at radius 3 is 2.37 bits per heavy atom. The average molecular weight is 497 g/mol. The number of amides is 1. The van der Waals surface area contributed by atoms with Crippen LogP contribution < -0.4 is 16.0 Å². The maximum atomic E-state index is 12.6. The summed E-state index contributed by atoms with van der Waals surface area (Å²) in [6, 6.07) is 13.4. The van der Waals surface area contributed by atoms with Gasteiger partial charge >= 0.3 is 36.6 Å². The van der Waals surface area contributed by atoms with Gasteiger partial charge in [0, 0.05) is 36.1 Å². The topological polar surface area (TPSA) is 94.0 Å². The molecule has 0 bridgehead atoms. The summed E-state index contributed by atoms with van der Waals surface area (Å²) in [5.74, 6) is 2.08. The Kier molecular flexibility index (Phi) is 17.7. The number of halogens is 1. The summed E-state index contributed by atoms with van der Waals surface area (Å²) in [4.78, 5) is 23.4. The number of nitrogens with zero attached hydrogens (tertiary/aromatic N) is 1. The first-order valence-corrected chi connectivity index (χ1v) is 12.2. The van der Waals surface area contributed by atoms with Crippen LogP contribution >= 0.6 is 11.6 Å². The molecule has 2 aromatic rings. The Morgan fingerprint density at radius 1 is 1.14 bits per heavy atom. The van der Waals surface area contributed by atoms with Crippen LogP contribution in [-0.4, -0.2) is 38.3 Å². The second kappa shape index (κ2) is 19.4. The fourth-order valence-corrected chi connectivity index (χ4v) is 3.23. The summed E-state index contributed by atoms with van der Waals surface area (Å²) >= 11 is 5.99. The van der Waals surface area contributed by atoms with Crippen molar-refractivity contribution < 1.29 is 9.59 Å². The van der Waals surface area contributed by atoms with Gasteiger partial charge in [0.15, 0.2) is 0 Å². The van der Waals surface area contributed by atoms with E-state index in [1.807, 2.05) is 69.2 Å². The largest absolute Gasteiger partial charge is 0.348 e. The van der Waals surface area contributed by atoms with Crippen LogP contribution in [0, 0.1) is 24.1 Å². The van der Waals surface area contributed by atoms with Crippen LogP contribution in [0.1, 0.15) is 61.2 Å². The molecule has 3 N–H and O–H groups in total. The molecule has 0 heterocycles. The van der Waals surface area contributed by atoms with Crippen LogP contribution in [0.5, 0.6) is 0 Å². The Morgan fingerprint density at radius 2 is 1.83 bits per heavy atom. The second-order valence-electron chi connectivity index (χ2n) is 7.85. The van der Waals surface area contributed by atoms with Crippen molar-refractivity contribution in [2.75, 3.05) is 7.05 Å². The predicted molar refractivity (Wildman–Crippen MR) is 148 cm³/mol. The van der Waals surface area contributed by atoms with Gasteiger partial charge in [0.05, 0.1) is 0 Å². The molecular weight excluding hydrogens is 459 g/mol. The molecule has 0 fully saturated rings. The molecule has 2 rings (SSSR count). The van der Waals surface area contributed by atoms with Gasteiger partial charge in [-0.25, -0.2) is 0 Å². The summed E-state index contributed by atoms with van der Waals surface area (Å²) < 4.78 is 0. The van der Waals surface area contributed by atoms with E-state index >= 15 is 0 Å². The minimum atomic E-state index is -0.109. The van der Waals surface area contributed by atoms with Crippen molar-refractivity contribution >= 4 is 36.8 Å². The number of benzene rings is 2. The van der Waals surface area contributed by atoms with Crippen molar-refractivity contribution in [3.8, 4) is 5.97 Å². The fraction of sp³-hybridized carbons (Fsp3) is 0.407. The van der Waals surface area contributed by atoms with Crippen LogP contribution in [-0.2, 0) is 17.9 Å². The second-order valence-corrected chi connectivity index (χ2v) is 8.28. The van der Waals surface area contributed by atoms with Crippen molar-refractivity contribution in [1.29, 1.82) is 5.26 Å². The first-order valence-electron chi connectivity index (χ1n) is 11.8. The number of carbonyl (C=O) groups excluding carboxylic acids is 2. The van der Waals surface area contributed by atoms with Crippen LogP contribution in [0.2, 0.25) is 5.02 Å². The van der Waals surface area contributed by atoms with Crippen LogP contribution in [0.25, 0.3) is 0 Å². The van der Waals surface area contributed by atoms with Gasteiger partial charge < -0.3 is 15.4 Å². The Labute approximate surface area is 216 Å². The van der Waals surface area contributed by atoms with Gasteiger partial charge in [-0.3, -0.25) is 4.79 Å². The third-order valence-corrected chi connectivity index (χ3v) is 5.17. The van der Waals surface area contributed by atoms with E-state index in [4.69, 9.17) is 16.9 Å². The van der Waals surface area contributed by atoms with Gasteiger partial charge in [0.1, 0.15) is 6.29 Å². The standard InChI is InChI=1S/C22H27ClN2O2.C3H5BN2.C2H6/c1-15(2)21(9-10-26)24-13-18-8-7-16(3)20(12-18)22(27)25-14-17-5-4-6-19(23)11-17;1-6-3-4-2-5;1-2/h4-8,10-12,15,21,24H,9,13-14H2,1-3H3,(H,25,27);3,6H,1H3;1-2H3. The zero-order chi connectivity index (χ0) is 26.6. The molecule has 8 heteroatoms. The minimum absolute atomic E-state index is 0.109. The van der Waals surface area contributed by atoms with Crippen molar-refractivity contribution in [2.24, 2.45) is 5.92 Å². The Hall–Kier alpha value is -2.95. The number of hydrogen-bond acceptors (Lipinski definition) is 5. The van der Waals surface area contributed by atoms with Crippen molar-refractivity contribution in [3.05, 3.63) is 69.7 Å². The third-order valence-electron chi connectivity index (χ3n) is 4.94. The van der Waals surface area contributed by atoms with E-state index < -0.39 is 0 Å². The SMILES string of the molecule is CC.CNC=BC#N.Cc1ccc(CNC(CC=O)C(C)C)cc1C(=O)NCc1cccc(Cl)c1. The number of aldehydes is 1. The van der Waals surface area contributed by atoms with Crippen LogP contribution in [0.4, 0.5) is 0 Å². The number of aryl methyl sites for hydroxylation is 1. The molecule has 0 radical (unpaired) electrons. The van der Waals surface area contributed by atoms with E-state index in [0.29, 0.717) is 36.0 Å². The molecule has 6 nitrogen and oxygen atoms in total. The maximum Gasteiger partial charge on any atom is 0.251 e. The number of carbonyl (C=O) groups is 2. The van der Waals surface area contributed by atoms with E-state index in [0.717, 1.165) is 23.0 Å². The molecule has 0 saturated heterocycles. The zero-order valence-electron chi connectivity index (χ0n) is 21.7. The summed E-state index contributed by atoms with van der Waals surface area (Å²) in [5, 5.41) is 17.5. The van der Waals surface area contributed by atoms with Gasteiger partial charge in [0.25, 0.3) is 5.91 Å². The summed E-state index contributed by atoms with van der Waals surface area (Å²) in [6.07, 6.45) is 3.00.